The largest absolute Gasteiger partial charge is 0.490 e. The Bertz CT molecular complexity index is 1460. The van der Waals surface area contributed by atoms with E-state index in [1.807, 2.05) is 0 Å². The molecule has 1 aromatic heterocycles. The summed E-state index contributed by atoms with van der Waals surface area (Å²) in [6.45, 7) is 0.625. The summed E-state index contributed by atoms with van der Waals surface area (Å²) in [4.78, 5) is 34.5. The highest BCUT2D eigenvalue weighted by Gasteiger charge is 2.66. The van der Waals surface area contributed by atoms with Crippen molar-refractivity contribution < 1.29 is 46.5 Å². The van der Waals surface area contributed by atoms with E-state index in [0.717, 1.165) is 0 Å². The van der Waals surface area contributed by atoms with Gasteiger partial charge in [-0.2, -0.15) is 13.2 Å². The second-order valence-corrected chi connectivity index (χ2v) is 9.45. The van der Waals surface area contributed by atoms with Gasteiger partial charge in [0.25, 0.3) is 5.91 Å². The normalized spacial score (nSPS) is 19.6. The van der Waals surface area contributed by atoms with Crippen LogP contribution in [-0.4, -0.2) is 67.2 Å². The number of hydrogen-bond donors (Lipinski definition) is 2. The van der Waals surface area contributed by atoms with Gasteiger partial charge >= 0.3 is 18.1 Å². The van der Waals surface area contributed by atoms with Gasteiger partial charge in [-0.1, -0.05) is 35.0 Å². The number of aromatic nitrogens is 3. The quantitative estimate of drug-likeness (QED) is 0.441. The van der Waals surface area contributed by atoms with Crippen molar-refractivity contribution in [3.05, 3.63) is 70.4 Å². The third-order valence-electron chi connectivity index (χ3n) is 6.46. The lowest BCUT2D eigenvalue weighted by Gasteiger charge is -2.20. The van der Waals surface area contributed by atoms with E-state index in [0.29, 0.717) is 24.2 Å². The minimum atomic E-state index is -5.08. The molecule has 39 heavy (non-hydrogen) atoms. The van der Waals surface area contributed by atoms with Gasteiger partial charge in [-0.3, -0.25) is 9.59 Å². The van der Waals surface area contributed by atoms with E-state index in [-0.39, 0.29) is 41.0 Å². The molecule has 9 nitrogen and oxygen atoms in total. The molecular weight excluding hydrogens is 555 g/mol. The van der Waals surface area contributed by atoms with Gasteiger partial charge in [-0.15, -0.1) is 5.10 Å². The lowest BCUT2D eigenvalue weighted by Crippen LogP contribution is -2.34. The number of rotatable bonds is 5. The second kappa shape index (κ2) is 10.2. The number of hydrogen-bond acceptors (Lipinski definition) is 5. The molecule has 0 spiro atoms. The summed E-state index contributed by atoms with van der Waals surface area (Å²) in [5.41, 5.74) is 0.139. The van der Waals surface area contributed by atoms with Gasteiger partial charge in [-0.25, -0.2) is 18.3 Å². The summed E-state index contributed by atoms with van der Waals surface area (Å²) in [6.07, 6.45) is -2.99. The van der Waals surface area contributed by atoms with Crippen molar-refractivity contribution in [1.29, 1.82) is 0 Å². The van der Waals surface area contributed by atoms with Crippen LogP contribution in [0.3, 0.4) is 0 Å². The third-order valence-corrected chi connectivity index (χ3v) is 6.83. The fraction of sp³-hybridized carbons (Fsp3) is 0.292. The van der Waals surface area contributed by atoms with Gasteiger partial charge in [0.15, 0.2) is 5.82 Å². The summed E-state index contributed by atoms with van der Waals surface area (Å²) < 4.78 is 61.6. The van der Waals surface area contributed by atoms with Crippen LogP contribution >= 0.6 is 11.6 Å². The van der Waals surface area contributed by atoms with Gasteiger partial charge in [0.2, 0.25) is 0 Å². The van der Waals surface area contributed by atoms with Crippen LogP contribution in [0.25, 0.3) is 11.3 Å². The highest BCUT2D eigenvalue weighted by molar-refractivity contribution is 6.33. The smallest absolute Gasteiger partial charge is 0.481 e. The van der Waals surface area contributed by atoms with E-state index >= 15 is 4.39 Å². The predicted molar refractivity (Wildman–Crippen MR) is 124 cm³/mol. The Balaban J connectivity index is 0.000000448. The van der Waals surface area contributed by atoms with Crippen molar-refractivity contribution in [3.8, 4) is 11.3 Å². The molecule has 2 aromatic carbocycles. The number of carbonyl (C=O) groups is 3. The third kappa shape index (κ3) is 5.70. The van der Waals surface area contributed by atoms with Crippen molar-refractivity contribution in [2.75, 3.05) is 13.1 Å². The van der Waals surface area contributed by atoms with E-state index in [4.69, 9.17) is 21.5 Å². The molecule has 206 valence electrons. The van der Waals surface area contributed by atoms with Crippen molar-refractivity contribution in [2.45, 2.75) is 19.1 Å². The molecule has 2 fully saturated rings. The topological polar surface area (TPSA) is 126 Å². The molecule has 1 aliphatic carbocycles. The molecule has 5 rings (SSSR count). The molecule has 1 amide bonds. The molecule has 2 unspecified atom stereocenters. The Labute approximate surface area is 221 Å². The number of carbonyl (C=O) groups excluding carboxylic acids is 1. The Morgan fingerprint density at radius 3 is 2.41 bits per heavy atom. The molecule has 2 heterocycles. The van der Waals surface area contributed by atoms with Gasteiger partial charge in [0.05, 0.1) is 28.7 Å². The van der Waals surface area contributed by atoms with E-state index in [1.54, 1.807) is 18.3 Å². The monoisotopic (exact) mass is 572 g/mol. The van der Waals surface area contributed by atoms with Crippen molar-refractivity contribution >= 4 is 29.4 Å². The first-order valence-corrected chi connectivity index (χ1v) is 11.6. The molecule has 15 heteroatoms. The Morgan fingerprint density at radius 1 is 1.13 bits per heavy atom. The van der Waals surface area contributed by atoms with Crippen LogP contribution in [0.4, 0.5) is 22.0 Å². The average molecular weight is 573 g/mol. The lowest BCUT2D eigenvalue weighted by molar-refractivity contribution is -0.192. The van der Waals surface area contributed by atoms with Crippen LogP contribution in [0, 0.1) is 23.0 Å². The molecule has 3 aromatic rings. The van der Waals surface area contributed by atoms with Crippen LogP contribution in [0.2, 0.25) is 5.02 Å². The number of nitrogens with zero attached hydrogens (tertiary/aromatic N) is 4. The van der Waals surface area contributed by atoms with E-state index in [2.05, 4.69) is 10.3 Å². The summed E-state index contributed by atoms with van der Waals surface area (Å²) in [5.74, 6) is -5.61. The first-order valence-electron chi connectivity index (χ1n) is 11.2. The molecule has 2 aliphatic rings. The summed E-state index contributed by atoms with van der Waals surface area (Å²) in [5, 5.41) is 24.2. The molecule has 2 atom stereocenters. The van der Waals surface area contributed by atoms with E-state index in [1.165, 1.54) is 33.8 Å². The minimum Gasteiger partial charge on any atom is -0.481 e. The number of carboxylic acid groups (broad SMARTS) is 2. The van der Waals surface area contributed by atoms with Crippen LogP contribution in [0.5, 0.6) is 0 Å². The maximum absolute atomic E-state index is 15.0. The zero-order chi connectivity index (χ0) is 28.7. The van der Waals surface area contributed by atoms with Crippen molar-refractivity contribution in [2.24, 2.45) is 11.3 Å². The van der Waals surface area contributed by atoms with Gasteiger partial charge in [0, 0.05) is 18.7 Å². The standard InChI is InChI=1S/C22H17ClF2N4O3.C2HF3O2/c23-18-15(17-10-29(27-26-17)8-12-2-1-3-14(24)6-12)4-5-16(19(18)25)20(30)28-9-13-7-22(13,11-28)21(31)32;3-2(4,5)1(6)7/h1-6,10,13H,7-9,11H2,(H,31,32);(H,6,7). The number of likely N-dealkylation sites (tertiary alicyclic amines) is 1. The average Bonchev–Trinajstić information content (AvgIpc) is 3.18. The van der Waals surface area contributed by atoms with Gasteiger partial charge in [0.1, 0.15) is 11.5 Å². The maximum atomic E-state index is 15.0. The van der Waals surface area contributed by atoms with E-state index < -0.39 is 35.3 Å². The summed E-state index contributed by atoms with van der Waals surface area (Å²) in [6, 6.07) is 8.86. The Hall–Kier alpha value is -4.07. The molecule has 1 aliphatic heterocycles. The number of alkyl halides is 3. The van der Waals surface area contributed by atoms with Crippen molar-refractivity contribution in [1.82, 2.24) is 19.9 Å². The van der Waals surface area contributed by atoms with Crippen LogP contribution in [0.15, 0.2) is 42.6 Å². The van der Waals surface area contributed by atoms with E-state index in [9.17, 15) is 32.3 Å². The predicted octanol–water partition coefficient (Wildman–Crippen LogP) is 4.11. The molecule has 0 bridgehead atoms. The zero-order valence-electron chi connectivity index (χ0n) is 19.6. The van der Waals surface area contributed by atoms with Crippen LogP contribution in [-0.2, 0) is 16.1 Å². The van der Waals surface area contributed by atoms with Gasteiger partial charge < -0.3 is 15.1 Å². The SMILES string of the molecule is O=C(O)C(F)(F)F.O=C(c1ccc(-c2cn(Cc3cccc(F)c3)nn2)c(Cl)c1F)N1CC2CC2(C(=O)O)C1. The fourth-order valence-corrected chi connectivity index (χ4v) is 4.64. The lowest BCUT2D eigenvalue weighted by atomic mass is 10.1. The molecular formula is C24H18ClF5N4O5. The second-order valence-electron chi connectivity index (χ2n) is 9.07. The number of halogens is 6. The number of piperidine rings is 1. The first kappa shape index (κ1) is 28.0. The number of carboxylic acids is 2. The first-order chi connectivity index (χ1) is 18.2. The molecule has 2 N–H and O–H groups in total. The van der Waals surface area contributed by atoms with Gasteiger partial charge in [-0.05, 0) is 36.1 Å². The Morgan fingerprint density at radius 2 is 1.82 bits per heavy atom. The highest BCUT2D eigenvalue weighted by atomic mass is 35.5. The Kier molecular flexibility index (Phi) is 7.34. The van der Waals surface area contributed by atoms with Crippen LogP contribution < -0.4 is 0 Å². The number of benzene rings is 2. The zero-order valence-corrected chi connectivity index (χ0v) is 20.4. The van der Waals surface area contributed by atoms with Crippen molar-refractivity contribution in [3.63, 3.8) is 0 Å². The highest BCUT2D eigenvalue weighted by Crippen LogP contribution is 2.58. The number of aliphatic carboxylic acids is 2. The number of amides is 1. The molecule has 0 radical (unpaired) electrons. The fourth-order valence-electron chi connectivity index (χ4n) is 4.37. The maximum Gasteiger partial charge on any atom is 0.490 e. The number of fused-ring (bicyclic) bond motifs is 1. The molecule has 1 saturated carbocycles. The van der Waals surface area contributed by atoms with Crippen LogP contribution in [0.1, 0.15) is 22.3 Å². The molecule has 1 saturated heterocycles. The summed E-state index contributed by atoms with van der Waals surface area (Å²) >= 11 is 6.22. The minimum absolute atomic E-state index is 0.0685. The summed E-state index contributed by atoms with van der Waals surface area (Å²) in [7, 11) is 0.